The lowest BCUT2D eigenvalue weighted by Gasteiger charge is -2.24. The van der Waals surface area contributed by atoms with Gasteiger partial charge in [0.15, 0.2) is 7.14 Å². The molecule has 120 valence electrons. The zero-order valence-corrected chi connectivity index (χ0v) is 14.8. The third-order valence-electron chi connectivity index (χ3n) is 4.62. The highest BCUT2D eigenvalue weighted by molar-refractivity contribution is 7.82. The van der Waals surface area contributed by atoms with Gasteiger partial charge in [-0.1, -0.05) is 67.6 Å². The van der Waals surface area contributed by atoms with Gasteiger partial charge < -0.3 is 9.30 Å². The van der Waals surface area contributed by atoms with Crippen LogP contribution in [-0.4, -0.2) is 11.7 Å². The van der Waals surface area contributed by atoms with E-state index in [2.05, 4.69) is 19.9 Å². The highest BCUT2D eigenvalue weighted by Crippen LogP contribution is 2.57. The molecule has 0 fully saturated rings. The Bertz CT molecular complexity index is 708. The summed E-state index contributed by atoms with van der Waals surface area (Å²) in [6, 6.07) is 19.6. The molecule has 3 heteroatoms. The zero-order chi connectivity index (χ0) is 16.5. The second-order valence-electron chi connectivity index (χ2n) is 6.28. The van der Waals surface area contributed by atoms with Gasteiger partial charge in [-0.2, -0.15) is 0 Å². The number of ether oxygens (including phenoxy) is 1. The van der Waals surface area contributed by atoms with Crippen LogP contribution in [0.5, 0.6) is 0 Å². The van der Waals surface area contributed by atoms with Gasteiger partial charge in [-0.05, 0) is 26.3 Å². The van der Waals surface area contributed by atoms with E-state index in [0.717, 1.165) is 22.3 Å². The van der Waals surface area contributed by atoms with Crippen LogP contribution >= 0.6 is 7.14 Å². The van der Waals surface area contributed by atoms with Crippen molar-refractivity contribution in [3.8, 4) is 0 Å². The Kier molecular flexibility index (Phi) is 4.31. The summed E-state index contributed by atoms with van der Waals surface area (Å²) in [5.74, 6) is 0. The van der Waals surface area contributed by atoms with Crippen molar-refractivity contribution in [3.05, 3.63) is 72.1 Å². The van der Waals surface area contributed by atoms with Crippen LogP contribution in [0.2, 0.25) is 0 Å². The fourth-order valence-corrected chi connectivity index (χ4v) is 6.28. The molecular weight excluding hydrogens is 303 g/mol. The van der Waals surface area contributed by atoms with Crippen molar-refractivity contribution in [1.29, 1.82) is 0 Å². The fourth-order valence-electron chi connectivity index (χ4n) is 3.18. The molecule has 0 spiro atoms. The SMILES string of the molecule is CCC1(C)C=C(P(=O)(c2ccccc2)c2ccccc2)C(C)O1. The van der Waals surface area contributed by atoms with Crippen molar-refractivity contribution in [2.24, 2.45) is 0 Å². The van der Waals surface area contributed by atoms with Crippen LogP contribution in [-0.2, 0) is 9.30 Å². The molecule has 23 heavy (non-hydrogen) atoms. The summed E-state index contributed by atoms with van der Waals surface area (Å²) in [7, 11) is -2.88. The monoisotopic (exact) mass is 326 g/mol. The largest absolute Gasteiger partial charge is 0.363 e. The number of benzene rings is 2. The van der Waals surface area contributed by atoms with E-state index in [-0.39, 0.29) is 11.7 Å². The lowest BCUT2D eigenvalue weighted by molar-refractivity contribution is -0.00606. The van der Waals surface area contributed by atoms with Crippen molar-refractivity contribution in [1.82, 2.24) is 0 Å². The first kappa shape index (κ1) is 16.2. The van der Waals surface area contributed by atoms with Gasteiger partial charge in [0.2, 0.25) is 0 Å². The Balaban J connectivity index is 2.23. The molecule has 2 unspecified atom stereocenters. The normalized spacial score (nSPS) is 24.5. The summed E-state index contributed by atoms with van der Waals surface area (Å²) >= 11 is 0. The molecule has 0 radical (unpaired) electrons. The second kappa shape index (κ2) is 6.11. The first-order chi connectivity index (χ1) is 11.0. The van der Waals surface area contributed by atoms with Crippen LogP contribution in [0.1, 0.15) is 27.2 Å². The first-order valence-electron chi connectivity index (χ1n) is 8.12. The van der Waals surface area contributed by atoms with E-state index in [1.807, 2.05) is 67.6 Å². The van der Waals surface area contributed by atoms with E-state index in [4.69, 9.17) is 4.74 Å². The van der Waals surface area contributed by atoms with E-state index in [1.54, 1.807) is 0 Å². The predicted octanol–water partition coefficient (Wildman–Crippen LogP) is 4.47. The molecule has 0 N–H and O–H groups in total. The van der Waals surface area contributed by atoms with Crippen molar-refractivity contribution in [3.63, 3.8) is 0 Å². The summed E-state index contributed by atoms with van der Waals surface area (Å²) in [5, 5.41) is 2.65. The fraction of sp³-hybridized carbons (Fsp3) is 0.300. The molecule has 1 aliphatic heterocycles. The van der Waals surface area contributed by atoms with Crippen LogP contribution < -0.4 is 10.6 Å². The molecule has 1 heterocycles. The summed E-state index contributed by atoms with van der Waals surface area (Å²) in [4.78, 5) is 0. The van der Waals surface area contributed by atoms with E-state index < -0.39 is 7.14 Å². The average molecular weight is 326 g/mol. The average Bonchev–Trinajstić information content (AvgIpc) is 2.92. The van der Waals surface area contributed by atoms with Gasteiger partial charge in [-0.15, -0.1) is 0 Å². The van der Waals surface area contributed by atoms with Crippen LogP contribution in [0.4, 0.5) is 0 Å². The summed E-state index contributed by atoms with van der Waals surface area (Å²) in [5.41, 5.74) is -0.339. The zero-order valence-electron chi connectivity index (χ0n) is 13.9. The molecule has 0 aliphatic carbocycles. The molecular formula is C20H23O2P. The van der Waals surface area contributed by atoms with Gasteiger partial charge in [0.05, 0.1) is 11.7 Å². The third kappa shape index (κ3) is 2.82. The Labute approximate surface area is 138 Å². The molecule has 0 bridgehead atoms. The Morgan fingerprint density at radius 2 is 1.48 bits per heavy atom. The lowest BCUT2D eigenvalue weighted by Crippen LogP contribution is -2.24. The molecule has 2 nitrogen and oxygen atoms in total. The van der Waals surface area contributed by atoms with Crippen LogP contribution in [0, 0.1) is 0 Å². The van der Waals surface area contributed by atoms with Crippen LogP contribution in [0.25, 0.3) is 0 Å². The maximum atomic E-state index is 14.3. The molecule has 1 aliphatic rings. The molecule has 2 aromatic carbocycles. The second-order valence-corrected chi connectivity index (χ2v) is 9.04. The Hall–Kier alpha value is -1.63. The Morgan fingerprint density at radius 1 is 1.00 bits per heavy atom. The first-order valence-corrected chi connectivity index (χ1v) is 9.83. The van der Waals surface area contributed by atoms with Gasteiger partial charge >= 0.3 is 0 Å². The smallest absolute Gasteiger partial charge is 0.169 e. The van der Waals surface area contributed by atoms with Gasteiger partial charge in [0.1, 0.15) is 0 Å². The van der Waals surface area contributed by atoms with Crippen LogP contribution in [0.15, 0.2) is 72.1 Å². The predicted molar refractivity (Wildman–Crippen MR) is 97.1 cm³/mol. The van der Waals surface area contributed by atoms with Gasteiger partial charge in [0.25, 0.3) is 0 Å². The molecule has 0 saturated carbocycles. The van der Waals surface area contributed by atoms with E-state index in [1.165, 1.54) is 0 Å². The van der Waals surface area contributed by atoms with E-state index in [0.29, 0.717) is 0 Å². The number of hydrogen-bond acceptors (Lipinski definition) is 2. The molecule has 2 atom stereocenters. The van der Waals surface area contributed by atoms with Crippen molar-refractivity contribution >= 4 is 17.8 Å². The molecule has 2 aromatic rings. The number of rotatable bonds is 4. The third-order valence-corrected chi connectivity index (χ3v) is 7.89. The minimum absolute atomic E-state index is 0.147. The molecule has 0 aromatic heterocycles. The quantitative estimate of drug-likeness (QED) is 0.775. The van der Waals surface area contributed by atoms with Gasteiger partial charge in [0, 0.05) is 15.9 Å². The Morgan fingerprint density at radius 3 is 1.87 bits per heavy atom. The van der Waals surface area contributed by atoms with Crippen molar-refractivity contribution in [2.45, 2.75) is 38.9 Å². The van der Waals surface area contributed by atoms with E-state index >= 15 is 0 Å². The summed E-state index contributed by atoms with van der Waals surface area (Å²) in [6.07, 6.45) is 2.81. The summed E-state index contributed by atoms with van der Waals surface area (Å²) < 4.78 is 20.4. The molecule has 3 rings (SSSR count). The van der Waals surface area contributed by atoms with Crippen molar-refractivity contribution < 1.29 is 9.30 Å². The molecule has 0 saturated heterocycles. The minimum Gasteiger partial charge on any atom is -0.363 e. The standard InChI is InChI=1S/C20H23O2P/c1-4-20(3)15-19(16(2)22-20)23(21,17-11-7-5-8-12-17)18-13-9-6-10-14-18/h5-16H,4H2,1-3H3. The summed E-state index contributed by atoms with van der Waals surface area (Å²) in [6.45, 7) is 6.17. The van der Waals surface area contributed by atoms with Gasteiger partial charge in [-0.25, -0.2) is 0 Å². The van der Waals surface area contributed by atoms with Crippen LogP contribution in [0.3, 0.4) is 0 Å². The number of hydrogen-bond donors (Lipinski definition) is 0. The highest BCUT2D eigenvalue weighted by atomic mass is 31.2. The van der Waals surface area contributed by atoms with Crippen molar-refractivity contribution in [2.75, 3.05) is 0 Å². The topological polar surface area (TPSA) is 26.3 Å². The van der Waals surface area contributed by atoms with E-state index in [9.17, 15) is 4.57 Å². The maximum absolute atomic E-state index is 14.3. The van der Waals surface area contributed by atoms with Gasteiger partial charge in [-0.3, -0.25) is 0 Å². The lowest BCUT2D eigenvalue weighted by atomic mass is 10.1. The highest BCUT2D eigenvalue weighted by Gasteiger charge is 2.42. The molecule has 0 amide bonds. The minimum atomic E-state index is -2.88. The maximum Gasteiger partial charge on any atom is 0.169 e.